The van der Waals surface area contributed by atoms with Gasteiger partial charge in [-0.05, 0) is 44.1 Å². The summed E-state index contributed by atoms with van der Waals surface area (Å²) in [5, 5.41) is 0.777. The molecule has 2 rings (SSSR count). The maximum absolute atomic E-state index is 6.15. The fourth-order valence-electron chi connectivity index (χ4n) is 2.00. The number of morpholine rings is 1. The fraction of sp³-hybridized carbons (Fsp3) is 0.500. The molecule has 1 fully saturated rings. The van der Waals surface area contributed by atoms with Crippen molar-refractivity contribution in [1.82, 2.24) is 4.72 Å². The second-order valence-corrected chi connectivity index (χ2v) is 5.59. The molecule has 1 aromatic rings. The Morgan fingerprint density at radius 2 is 2.29 bits per heavy atom. The van der Waals surface area contributed by atoms with Crippen LogP contribution < -0.4 is 9.62 Å². The van der Waals surface area contributed by atoms with Crippen LogP contribution in [0.1, 0.15) is 6.92 Å². The highest BCUT2D eigenvalue weighted by atomic mass is 35.5. The van der Waals surface area contributed by atoms with Crippen molar-refractivity contribution in [3.63, 3.8) is 0 Å². The third kappa shape index (κ3) is 3.28. The van der Waals surface area contributed by atoms with E-state index in [1.807, 2.05) is 19.2 Å². The Morgan fingerprint density at radius 1 is 1.47 bits per heavy atom. The molecule has 0 radical (unpaired) electrons. The summed E-state index contributed by atoms with van der Waals surface area (Å²) < 4.78 is 8.52. The smallest absolute Gasteiger partial charge is 0.0668 e. The Labute approximate surface area is 112 Å². The van der Waals surface area contributed by atoms with E-state index in [0.717, 1.165) is 29.7 Å². The average molecular weight is 273 g/mol. The third-order valence-electron chi connectivity index (χ3n) is 2.78. The van der Waals surface area contributed by atoms with E-state index in [1.54, 1.807) is 11.9 Å². The largest absolute Gasteiger partial charge is 0.377 e. The van der Waals surface area contributed by atoms with Gasteiger partial charge in [0.05, 0.1) is 13.2 Å². The molecule has 17 heavy (non-hydrogen) atoms. The van der Waals surface area contributed by atoms with Crippen LogP contribution in [0, 0.1) is 0 Å². The average Bonchev–Trinajstić information content (AvgIpc) is 2.29. The SMILES string of the molecule is CNSc1cc(Cl)cc(N2CCOCC2C)c1. The highest BCUT2D eigenvalue weighted by Crippen LogP contribution is 2.29. The van der Waals surface area contributed by atoms with Crippen molar-refractivity contribution in [3.05, 3.63) is 23.2 Å². The van der Waals surface area contributed by atoms with Crippen LogP contribution in [0.25, 0.3) is 0 Å². The van der Waals surface area contributed by atoms with Crippen molar-refractivity contribution in [1.29, 1.82) is 0 Å². The Balaban J connectivity index is 2.24. The molecular weight excluding hydrogens is 256 g/mol. The minimum atomic E-state index is 0.398. The zero-order valence-corrected chi connectivity index (χ0v) is 11.6. The molecule has 0 aliphatic carbocycles. The molecule has 0 saturated carbocycles. The zero-order valence-electron chi connectivity index (χ0n) is 10.1. The molecule has 3 nitrogen and oxygen atoms in total. The van der Waals surface area contributed by atoms with Crippen LogP contribution in [0.2, 0.25) is 5.02 Å². The quantitative estimate of drug-likeness (QED) is 0.856. The number of benzene rings is 1. The Hall–Kier alpha value is -0.420. The van der Waals surface area contributed by atoms with E-state index in [0.29, 0.717) is 6.04 Å². The molecule has 0 aromatic heterocycles. The lowest BCUT2D eigenvalue weighted by atomic mass is 10.2. The first kappa shape index (κ1) is 13.0. The summed E-state index contributed by atoms with van der Waals surface area (Å²) in [4.78, 5) is 3.48. The van der Waals surface area contributed by atoms with Crippen LogP contribution in [-0.2, 0) is 4.74 Å². The first-order valence-electron chi connectivity index (χ1n) is 5.69. The molecule has 1 aliphatic heterocycles. The van der Waals surface area contributed by atoms with Gasteiger partial charge in [-0.3, -0.25) is 4.72 Å². The molecule has 94 valence electrons. The van der Waals surface area contributed by atoms with Crippen LogP contribution in [-0.4, -0.2) is 32.8 Å². The van der Waals surface area contributed by atoms with Gasteiger partial charge in [0.2, 0.25) is 0 Å². The molecular formula is C12H17ClN2OS. The number of nitrogens with one attached hydrogen (secondary N) is 1. The highest BCUT2D eigenvalue weighted by Gasteiger charge is 2.19. The lowest BCUT2D eigenvalue weighted by Gasteiger charge is -2.35. The van der Waals surface area contributed by atoms with Gasteiger partial charge in [-0.25, -0.2) is 0 Å². The number of hydrogen-bond acceptors (Lipinski definition) is 4. The zero-order chi connectivity index (χ0) is 12.3. The molecule has 1 aromatic carbocycles. The molecule has 1 unspecified atom stereocenters. The maximum atomic E-state index is 6.15. The molecule has 1 aliphatic rings. The summed E-state index contributed by atoms with van der Waals surface area (Å²) in [5.74, 6) is 0. The molecule has 5 heteroatoms. The van der Waals surface area contributed by atoms with Gasteiger partial charge in [-0.15, -0.1) is 0 Å². The number of nitrogens with zero attached hydrogens (tertiary/aromatic N) is 1. The van der Waals surface area contributed by atoms with Crippen molar-refractivity contribution >= 4 is 29.2 Å². The highest BCUT2D eigenvalue weighted by molar-refractivity contribution is 7.97. The van der Waals surface area contributed by atoms with E-state index in [2.05, 4.69) is 22.6 Å². The van der Waals surface area contributed by atoms with Gasteiger partial charge in [0.25, 0.3) is 0 Å². The Kier molecular flexibility index (Phi) is 4.56. The van der Waals surface area contributed by atoms with Crippen molar-refractivity contribution < 1.29 is 4.74 Å². The lowest BCUT2D eigenvalue weighted by molar-refractivity contribution is 0.0989. The number of ether oxygens (including phenoxy) is 1. The predicted molar refractivity (Wildman–Crippen MR) is 74.0 cm³/mol. The number of anilines is 1. The van der Waals surface area contributed by atoms with Gasteiger partial charge in [0, 0.05) is 28.2 Å². The minimum absolute atomic E-state index is 0.398. The Bertz CT molecular complexity index is 389. The minimum Gasteiger partial charge on any atom is -0.377 e. The van der Waals surface area contributed by atoms with Crippen molar-refractivity contribution in [2.45, 2.75) is 17.9 Å². The monoisotopic (exact) mass is 272 g/mol. The summed E-state index contributed by atoms with van der Waals surface area (Å²) in [5.41, 5.74) is 1.17. The lowest BCUT2D eigenvalue weighted by Crippen LogP contribution is -2.43. The number of hydrogen-bond donors (Lipinski definition) is 1. The Morgan fingerprint density at radius 3 is 3.00 bits per heavy atom. The van der Waals surface area contributed by atoms with E-state index in [1.165, 1.54) is 5.69 Å². The molecule has 1 atom stereocenters. The predicted octanol–water partition coefficient (Wildman–Crippen LogP) is 2.79. The first-order valence-corrected chi connectivity index (χ1v) is 6.88. The van der Waals surface area contributed by atoms with E-state index >= 15 is 0 Å². The topological polar surface area (TPSA) is 24.5 Å². The summed E-state index contributed by atoms with van der Waals surface area (Å²) >= 11 is 7.73. The van der Waals surface area contributed by atoms with Gasteiger partial charge >= 0.3 is 0 Å². The first-order chi connectivity index (χ1) is 8.20. The second-order valence-electron chi connectivity index (χ2n) is 4.07. The van der Waals surface area contributed by atoms with Crippen LogP contribution in [0.4, 0.5) is 5.69 Å². The number of halogens is 1. The van der Waals surface area contributed by atoms with Crippen LogP contribution in [0.3, 0.4) is 0 Å². The normalized spacial score (nSPS) is 20.6. The van der Waals surface area contributed by atoms with E-state index in [9.17, 15) is 0 Å². The summed E-state index contributed by atoms with van der Waals surface area (Å²) in [6, 6.07) is 6.55. The maximum Gasteiger partial charge on any atom is 0.0668 e. The summed E-state index contributed by atoms with van der Waals surface area (Å²) in [7, 11) is 1.91. The van der Waals surface area contributed by atoms with Crippen LogP contribution >= 0.6 is 23.5 Å². The molecule has 0 bridgehead atoms. The molecule has 1 saturated heterocycles. The molecule has 1 N–H and O–H groups in total. The number of rotatable bonds is 3. The van der Waals surface area contributed by atoms with Gasteiger partial charge in [-0.2, -0.15) is 0 Å². The van der Waals surface area contributed by atoms with Crippen molar-refractivity contribution in [2.24, 2.45) is 0 Å². The molecule has 0 spiro atoms. The summed E-state index contributed by atoms with van der Waals surface area (Å²) in [6.07, 6.45) is 0. The summed E-state index contributed by atoms with van der Waals surface area (Å²) in [6.45, 7) is 4.66. The third-order valence-corrected chi connectivity index (χ3v) is 3.67. The standard InChI is InChI=1S/C12H17ClN2OS/c1-9-8-16-4-3-15(9)11-5-10(13)6-12(7-11)17-14-2/h5-7,9,14H,3-4,8H2,1-2H3. The molecule has 1 heterocycles. The second kappa shape index (κ2) is 5.96. The van der Waals surface area contributed by atoms with Crippen LogP contribution in [0.15, 0.2) is 23.1 Å². The van der Waals surface area contributed by atoms with Crippen molar-refractivity contribution in [3.8, 4) is 0 Å². The van der Waals surface area contributed by atoms with Gasteiger partial charge in [-0.1, -0.05) is 11.6 Å². The van der Waals surface area contributed by atoms with E-state index in [4.69, 9.17) is 16.3 Å². The van der Waals surface area contributed by atoms with E-state index in [-0.39, 0.29) is 0 Å². The van der Waals surface area contributed by atoms with Gasteiger partial charge < -0.3 is 9.64 Å². The molecule has 0 amide bonds. The fourth-order valence-corrected chi connectivity index (χ4v) is 2.90. The van der Waals surface area contributed by atoms with Gasteiger partial charge in [0.1, 0.15) is 0 Å². The van der Waals surface area contributed by atoms with Crippen LogP contribution in [0.5, 0.6) is 0 Å². The van der Waals surface area contributed by atoms with E-state index < -0.39 is 0 Å². The van der Waals surface area contributed by atoms with Gasteiger partial charge in [0.15, 0.2) is 0 Å². The van der Waals surface area contributed by atoms with Crippen molar-refractivity contribution in [2.75, 3.05) is 31.7 Å².